The molecule has 0 spiro atoms. The maximum Gasteiger partial charge on any atom is 0.229 e. The third-order valence-electron chi connectivity index (χ3n) is 4.93. The number of nitrogens with zero attached hydrogens (tertiary/aromatic N) is 2. The van der Waals surface area contributed by atoms with Crippen molar-refractivity contribution in [1.29, 1.82) is 0 Å². The molecule has 0 saturated heterocycles. The molecule has 0 aliphatic heterocycles. The maximum atomic E-state index is 13.0. The second kappa shape index (κ2) is 9.26. The molecule has 30 heavy (non-hydrogen) atoms. The predicted octanol–water partition coefficient (Wildman–Crippen LogP) is 4.60. The van der Waals surface area contributed by atoms with E-state index in [4.69, 9.17) is 9.47 Å². The Morgan fingerprint density at radius 2 is 1.83 bits per heavy atom. The lowest BCUT2D eigenvalue weighted by Crippen LogP contribution is -2.33. The Morgan fingerprint density at radius 3 is 2.50 bits per heavy atom. The Balaban J connectivity index is 1.34. The number of thiazole rings is 1. The molecule has 7 heteroatoms. The van der Waals surface area contributed by atoms with Crippen LogP contribution in [0.2, 0.25) is 0 Å². The molecule has 1 aromatic heterocycles. The van der Waals surface area contributed by atoms with E-state index < -0.39 is 0 Å². The maximum absolute atomic E-state index is 13.0. The van der Waals surface area contributed by atoms with E-state index in [9.17, 15) is 9.18 Å². The molecule has 1 amide bonds. The van der Waals surface area contributed by atoms with Gasteiger partial charge in [-0.1, -0.05) is 12.1 Å². The number of hydrogen-bond acceptors (Lipinski definition) is 5. The second-order valence-electron chi connectivity index (χ2n) is 7.25. The van der Waals surface area contributed by atoms with Gasteiger partial charge in [0.05, 0.1) is 19.2 Å². The van der Waals surface area contributed by atoms with Crippen LogP contribution in [0.3, 0.4) is 0 Å². The van der Waals surface area contributed by atoms with Gasteiger partial charge in [-0.15, -0.1) is 11.3 Å². The summed E-state index contributed by atoms with van der Waals surface area (Å²) in [6, 6.07) is 14.0. The van der Waals surface area contributed by atoms with Gasteiger partial charge in [0, 0.05) is 18.0 Å². The third-order valence-corrected chi connectivity index (χ3v) is 5.80. The molecule has 1 aliphatic carbocycles. The zero-order chi connectivity index (χ0) is 20.9. The monoisotopic (exact) mass is 426 g/mol. The summed E-state index contributed by atoms with van der Waals surface area (Å²) < 4.78 is 23.8. The number of carbonyl (C=O) groups is 1. The van der Waals surface area contributed by atoms with Gasteiger partial charge in [0.15, 0.2) is 0 Å². The number of ether oxygens (including phenoxy) is 2. The van der Waals surface area contributed by atoms with E-state index in [1.54, 1.807) is 19.2 Å². The summed E-state index contributed by atoms with van der Waals surface area (Å²) in [7, 11) is 1.64. The first-order valence-corrected chi connectivity index (χ1v) is 10.7. The zero-order valence-electron chi connectivity index (χ0n) is 16.7. The smallest absolute Gasteiger partial charge is 0.229 e. The Morgan fingerprint density at radius 1 is 1.13 bits per heavy atom. The highest BCUT2D eigenvalue weighted by Gasteiger charge is 2.32. The SMILES string of the molecule is COc1ccc(CN(C(=O)Cc2csc(COc3ccc(F)cc3)n2)C2CC2)cc1. The minimum absolute atomic E-state index is 0.0876. The van der Waals surface area contributed by atoms with E-state index in [1.165, 1.54) is 23.5 Å². The molecule has 3 aromatic rings. The second-order valence-corrected chi connectivity index (χ2v) is 8.20. The minimum Gasteiger partial charge on any atom is -0.497 e. The van der Waals surface area contributed by atoms with Gasteiger partial charge in [0.1, 0.15) is 28.9 Å². The highest BCUT2D eigenvalue weighted by Crippen LogP contribution is 2.29. The summed E-state index contributed by atoms with van der Waals surface area (Å²) in [6.07, 6.45) is 2.38. The van der Waals surface area contributed by atoms with Crippen molar-refractivity contribution in [3.8, 4) is 11.5 Å². The number of benzene rings is 2. The molecular weight excluding hydrogens is 403 g/mol. The van der Waals surface area contributed by atoms with Gasteiger partial charge >= 0.3 is 0 Å². The van der Waals surface area contributed by atoms with E-state index in [1.807, 2.05) is 34.5 Å². The molecule has 2 aromatic carbocycles. The first-order valence-electron chi connectivity index (χ1n) is 9.85. The molecule has 0 unspecified atom stereocenters. The molecule has 0 N–H and O–H groups in total. The standard InChI is InChI=1S/C23H23FN2O3S/c1-28-20-8-2-16(3-9-20)13-26(19-6-7-19)23(27)12-18-15-30-22(25-18)14-29-21-10-4-17(24)5-11-21/h2-5,8-11,15,19H,6-7,12-14H2,1H3. The summed E-state index contributed by atoms with van der Waals surface area (Å²) in [5, 5.41) is 2.69. The van der Waals surface area contributed by atoms with Crippen LogP contribution in [0.15, 0.2) is 53.9 Å². The lowest BCUT2D eigenvalue weighted by atomic mass is 10.2. The average molecular weight is 427 g/mol. The Labute approximate surface area is 179 Å². The van der Waals surface area contributed by atoms with Crippen molar-refractivity contribution >= 4 is 17.2 Å². The van der Waals surface area contributed by atoms with Crippen LogP contribution in [0, 0.1) is 5.82 Å². The molecule has 1 heterocycles. The molecule has 1 fully saturated rings. The molecule has 4 rings (SSSR count). The summed E-state index contributed by atoms with van der Waals surface area (Å²) in [5.41, 5.74) is 1.84. The molecule has 156 valence electrons. The molecular formula is C23H23FN2O3S. The van der Waals surface area contributed by atoms with E-state index in [0.29, 0.717) is 24.9 Å². The van der Waals surface area contributed by atoms with Crippen molar-refractivity contribution in [2.45, 2.75) is 38.5 Å². The number of halogens is 1. The van der Waals surface area contributed by atoms with Crippen LogP contribution in [0.4, 0.5) is 4.39 Å². The first kappa shape index (κ1) is 20.3. The van der Waals surface area contributed by atoms with E-state index in [0.717, 1.165) is 34.9 Å². The fourth-order valence-electron chi connectivity index (χ4n) is 3.16. The van der Waals surface area contributed by atoms with Crippen molar-refractivity contribution in [3.63, 3.8) is 0 Å². The van der Waals surface area contributed by atoms with Gasteiger partial charge in [0.2, 0.25) is 5.91 Å². The largest absolute Gasteiger partial charge is 0.497 e. The molecule has 1 saturated carbocycles. The van der Waals surface area contributed by atoms with Gasteiger partial charge < -0.3 is 14.4 Å². The fourth-order valence-corrected chi connectivity index (χ4v) is 3.87. The van der Waals surface area contributed by atoms with Crippen molar-refractivity contribution < 1.29 is 18.7 Å². The topological polar surface area (TPSA) is 51.7 Å². The summed E-state index contributed by atoms with van der Waals surface area (Å²) >= 11 is 1.46. The van der Waals surface area contributed by atoms with Crippen molar-refractivity contribution in [2.75, 3.05) is 7.11 Å². The lowest BCUT2D eigenvalue weighted by molar-refractivity contribution is -0.131. The number of rotatable bonds is 9. The number of carbonyl (C=O) groups excluding carboxylic acids is 1. The molecule has 0 bridgehead atoms. The Kier molecular flexibility index (Phi) is 6.28. The lowest BCUT2D eigenvalue weighted by Gasteiger charge is -2.22. The van der Waals surface area contributed by atoms with Gasteiger partial charge in [0.25, 0.3) is 0 Å². The van der Waals surface area contributed by atoms with E-state index in [2.05, 4.69) is 4.98 Å². The van der Waals surface area contributed by atoms with E-state index in [-0.39, 0.29) is 18.1 Å². The first-order chi connectivity index (χ1) is 14.6. The summed E-state index contributed by atoms with van der Waals surface area (Å²) in [6.45, 7) is 0.890. The van der Waals surface area contributed by atoms with Crippen molar-refractivity contribution in [3.05, 3.63) is 76.0 Å². The summed E-state index contributed by atoms with van der Waals surface area (Å²) in [4.78, 5) is 19.4. The van der Waals surface area contributed by atoms with Gasteiger partial charge in [-0.05, 0) is 54.8 Å². The normalized spacial score (nSPS) is 13.1. The van der Waals surface area contributed by atoms with Crippen LogP contribution in [0.25, 0.3) is 0 Å². The van der Waals surface area contributed by atoms with Crippen LogP contribution in [-0.2, 0) is 24.4 Å². The molecule has 5 nitrogen and oxygen atoms in total. The molecule has 0 radical (unpaired) electrons. The van der Waals surface area contributed by atoms with Crippen LogP contribution < -0.4 is 9.47 Å². The highest BCUT2D eigenvalue weighted by atomic mass is 32.1. The highest BCUT2D eigenvalue weighted by molar-refractivity contribution is 7.09. The summed E-state index contributed by atoms with van der Waals surface area (Å²) in [5.74, 6) is 1.18. The van der Waals surface area contributed by atoms with Crippen molar-refractivity contribution in [2.24, 2.45) is 0 Å². The number of methoxy groups -OCH3 is 1. The van der Waals surface area contributed by atoms with Gasteiger partial charge in [-0.3, -0.25) is 4.79 Å². The van der Waals surface area contributed by atoms with Gasteiger partial charge in [-0.2, -0.15) is 0 Å². The number of aromatic nitrogens is 1. The Bertz CT molecular complexity index is 984. The van der Waals surface area contributed by atoms with Crippen LogP contribution in [-0.4, -0.2) is 28.9 Å². The Hall–Kier alpha value is -2.93. The zero-order valence-corrected chi connectivity index (χ0v) is 17.5. The number of hydrogen-bond donors (Lipinski definition) is 0. The average Bonchev–Trinajstić information content (AvgIpc) is 3.51. The van der Waals surface area contributed by atoms with Crippen LogP contribution in [0.1, 0.15) is 29.1 Å². The van der Waals surface area contributed by atoms with Gasteiger partial charge in [-0.25, -0.2) is 9.37 Å². The predicted molar refractivity (Wildman–Crippen MR) is 113 cm³/mol. The van der Waals surface area contributed by atoms with Crippen LogP contribution >= 0.6 is 11.3 Å². The van der Waals surface area contributed by atoms with E-state index >= 15 is 0 Å². The number of amides is 1. The van der Waals surface area contributed by atoms with Crippen LogP contribution in [0.5, 0.6) is 11.5 Å². The minimum atomic E-state index is -0.299. The molecule has 1 aliphatic rings. The fraction of sp³-hybridized carbons (Fsp3) is 0.304. The molecule has 0 atom stereocenters. The quantitative estimate of drug-likeness (QED) is 0.502. The third kappa shape index (κ3) is 5.36. The van der Waals surface area contributed by atoms with Crippen molar-refractivity contribution in [1.82, 2.24) is 9.88 Å².